The Morgan fingerprint density at radius 2 is 1.97 bits per heavy atom. The molecule has 3 N–H and O–H groups in total. The number of carbonyl (C=O) groups excluding carboxylic acids is 1. The largest absolute Gasteiger partial charge is 0.444 e. The van der Waals surface area contributed by atoms with E-state index in [9.17, 15) is 4.79 Å². The third kappa shape index (κ3) is 10.7. The molecule has 0 atom stereocenters. The quantitative estimate of drug-likeness (QED) is 0.192. The Morgan fingerprint density at radius 3 is 2.65 bits per heavy atom. The van der Waals surface area contributed by atoms with E-state index in [0.717, 1.165) is 5.56 Å². The minimum atomic E-state index is -0.505. The Balaban J connectivity index is 0.00000480. The summed E-state index contributed by atoms with van der Waals surface area (Å²) in [6.07, 6.45) is 0.290. The molecule has 1 heterocycles. The molecular formula is C20H30ClIN6O3. The van der Waals surface area contributed by atoms with Crippen molar-refractivity contribution in [1.82, 2.24) is 26.1 Å². The second-order valence-corrected chi connectivity index (χ2v) is 7.86. The lowest BCUT2D eigenvalue weighted by atomic mass is 10.2. The maximum absolute atomic E-state index is 11.6. The first-order chi connectivity index (χ1) is 14.3. The number of rotatable bonds is 8. The number of nitrogens with one attached hydrogen (secondary N) is 3. The van der Waals surface area contributed by atoms with Crippen molar-refractivity contribution >= 4 is 47.6 Å². The number of nitrogens with zero attached hydrogens (tertiary/aromatic N) is 3. The van der Waals surface area contributed by atoms with Gasteiger partial charge in [-0.25, -0.2) is 9.79 Å². The van der Waals surface area contributed by atoms with E-state index < -0.39 is 11.7 Å². The highest BCUT2D eigenvalue weighted by Crippen LogP contribution is 2.20. The molecule has 0 bridgehead atoms. The van der Waals surface area contributed by atoms with Crippen LogP contribution < -0.4 is 16.0 Å². The van der Waals surface area contributed by atoms with Gasteiger partial charge < -0.3 is 25.2 Å². The van der Waals surface area contributed by atoms with Crippen LogP contribution in [-0.2, 0) is 11.3 Å². The third-order valence-electron chi connectivity index (χ3n) is 3.58. The number of carbonyl (C=O) groups is 1. The zero-order valence-electron chi connectivity index (χ0n) is 18.2. The lowest BCUT2D eigenvalue weighted by Crippen LogP contribution is -2.39. The fourth-order valence-electron chi connectivity index (χ4n) is 2.35. The first-order valence-electron chi connectivity index (χ1n) is 9.84. The van der Waals surface area contributed by atoms with Gasteiger partial charge in [-0.1, -0.05) is 28.9 Å². The molecule has 0 fully saturated rings. The van der Waals surface area contributed by atoms with Gasteiger partial charge in [-0.15, -0.1) is 24.0 Å². The predicted molar refractivity (Wildman–Crippen MR) is 132 cm³/mol. The van der Waals surface area contributed by atoms with Crippen molar-refractivity contribution in [3.05, 3.63) is 35.2 Å². The summed E-state index contributed by atoms with van der Waals surface area (Å²) in [4.78, 5) is 20.4. The summed E-state index contributed by atoms with van der Waals surface area (Å²) in [5, 5.41) is 13.6. The number of hydrogen-bond acceptors (Lipinski definition) is 6. The average Bonchev–Trinajstić information content (AvgIpc) is 3.13. The summed E-state index contributed by atoms with van der Waals surface area (Å²) in [5.74, 6) is 1.49. The summed E-state index contributed by atoms with van der Waals surface area (Å²) in [6, 6.07) is 7.25. The van der Waals surface area contributed by atoms with Crippen LogP contribution in [0.3, 0.4) is 0 Å². The molecule has 1 amide bonds. The van der Waals surface area contributed by atoms with Crippen LogP contribution in [0.2, 0.25) is 5.02 Å². The molecule has 31 heavy (non-hydrogen) atoms. The predicted octanol–water partition coefficient (Wildman–Crippen LogP) is 3.98. The van der Waals surface area contributed by atoms with Crippen LogP contribution in [0.15, 0.2) is 33.8 Å². The maximum Gasteiger partial charge on any atom is 0.407 e. The number of halogens is 2. The zero-order chi connectivity index (χ0) is 22.0. The molecule has 172 valence electrons. The van der Waals surface area contributed by atoms with Crippen molar-refractivity contribution in [1.29, 1.82) is 0 Å². The van der Waals surface area contributed by atoms with Gasteiger partial charge in [0.1, 0.15) is 12.1 Å². The van der Waals surface area contributed by atoms with E-state index in [1.807, 2.05) is 39.8 Å². The smallest absolute Gasteiger partial charge is 0.407 e. The van der Waals surface area contributed by atoms with Gasteiger partial charge in [0.25, 0.3) is 0 Å². The van der Waals surface area contributed by atoms with Gasteiger partial charge in [-0.2, -0.15) is 4.98 Å². The zero-order valence-corrected chi connectivity index (χ0v) is 21.3. The second-order valence-electron chi connectivity index (χ2n) is 7.43. The summed E-state index contributed by atoms with van der Waals surface area (Å²) in [7, 11) is 0. The topological polar surface area (TPSA) is 114 Å². The first-order valence-corrected chi connectivity index (χ1v) is 10.2. The fraction of sp³-hybridized carbons (Fsp3) is 0.500. The highest BCUT2D eigenvalue weighted by Gasteiger charge is 2.15. The van der Waals surface area contributed by atoms with Crippen LogP contribution in [0, 0.1) is 0 Å². The van der Waals surface area contributed by atoms with Crippen molar-refractivity contribution in [3.8, 4) is 11.4 Å². The number of alkyl carbamates (subject to hydrolysis) is 1. The first kappa shape index (κ1) is 27.0. The normalized spacial score (nSPS) is 11.5. The third-order valence-corrected chi connectivity index (χ3v) is 3.82. The summed E-state index contributed by atoms with van der Waals surface area (Å²) in [5.41, 5.74) is 0.276. The van der Waals surface area contributed by atoms with E-state index >= 15 is 0 Å². The highest BCUT2D eigenvalue weighted by atomic mass is 127. The molecular weight excluding hydrogens is 535 g/mol. The van der Waals surface area contributed by atoms with Crippen molar-refractivity contribution in [2.75, 3.05) is 19.6 Å². The Morgan fingerprint density at radius 1 is 1.23 bits per heavy atom. The van der Waals surface area contributed by atoms with Gasteiger partial charge in [-0.3, -0.25) is 0 Å². The molecule has 0 aliphatic heterocycles. The van der Waals surface area contributed by atoms with E-state index in [0.29, 0.717) is 48.8 Å². The number of hydrogen-bond donors (Lipinski definition) is 3. The number of amides is 1. The van der Waals surface area contributed by atoms with Crippen LogP contribution >= 0.6 is 35.6 Å². The maximum atomic E-state index is 11.6. The molecule has 0 spiro atoms. The monoisotopic (exact) mass is 564 g/mol. The SMILES string of the molecule is CCNC(=NCc1nc(-c2cccc(Cl)c2)no1)NCCCNC(=O)OC(C)(C)C.I. The van der Waals surface area contributed by atoms with Crippen LogP contribution in [0.5, 0.6) is 0 Å². The van der Waals surface area contributed by atoms with Crippen LogP contribution in [0.4, 0.5) is 4.79 Å². The highest BCUT2D eigenvalue weighted by molar-refractivity contribution is 14.0. The molecule has 1 aromatic heterocycles. The summed E-state index contributed by atoms with van der Waals surface area (Å²) >= 11 is 6.00. The molecule has 2 aromatic rings. The van der Waals surface area contributed by atoms with E-state index in [-0.39, 0.29) is 30.5 Å². The molecule has 0 unspecified atom stereocenters. The van der Waals surface area contributed by atoms with E-state index in [4.69, 9.17) is 20.9 Å². The molecule has 9 nitrogen and oxygen atoms in total. The number of benzene rings is 1. The van der Waals surface area contributed by atoms with Crippen LogP contribution in [0.1, 0.15) is 40.0 Å². The lowest BCUT2D eigenvalue weighted by Gasteiger charge is -2.19. The van der Waals surface area contributed by atoms with Gasteiger partial charge in [0.05, 0.1) is 0 Å². The number of aromatic nitrogens is 2. The van der Waals surface area contributed by atoms with Crippen molar-refractivity contribution in [2.24, 2.45) is 4.99 Å². The Labute approximate surface area is 204 Å². The summed E-state index contributed by atoms with van der Waals surface area (Å²) < 4.78 is 10.5. The average molecular weight is 565 g/mol. The minimum absolute atomic E-state index is 0. The molecule has 0 aliphatic carbocycles. The Kier molecular flexibility index (Phi) is 11.6. The molecule has 1 aromatic carbocycles. The van der Waals surface area contributed by atoms with Gasteiger partial charge in [-0.05, 0) is 46.2 Å². The molecule has 11 heteroatoms. The van der Waals surface area contributed by atoms with Crippen LogP contribution in [0.25, 0.3) is 11.4 Å². The van der Waals surface area contributed by atoms with E-state index in [2.05, 4.69) is 31.1 Å². The Bertz CT molecular complexity index is 853. The van der Waals surface area contributed by atoms with Gasteiger partial charge in [0.15, 0.2) is 5.96 Å². The molecule has 0 aliphatic rings. The van der Waals surface area contributed by atoms with Gasteiger partial charge >= 0.3 is 6.09 Å². The molecule has 0 saturated heterocycles. The lowest BCUT2D eigenvalue weighted by molar-refractivity contribution is 0.0527. The standard InChI is InChI=1S/C20H29ClN6O3.HI/c1-5-22-18(23-10-7-11-24-19(28)29-20(2,3)4)25-13-16-26-17(27-30-16)14-8-6-9-15(21)12-14;/h6,8-9,12H,5,7,10-11,13H2,1-4H3,(H,24,28)(H2,22,23,25);1H. The second kappa shape index (κ2) is 13.4. The fourth-order valence-corrected chi connectivity index (χ4v) is 2.54. The van der Waals surface area contributed by atoms with Crippen molar-refractivity contribution in [3.63, 3.8) is 0 Å². The van der Waals surface area contributed by atoms with Gasteiger partial charge in [0.2, 0.25) is 11.7 Å². The number of ether oxygens (including phenoxy) is 1. The van der Waals surface area contributed by atoms with E-state index in [1.54, 1.807) is 12.1 Å². The Hall–Kier alpha value is -2.08. The summed E-state index contributed by atoms with van der Waals surface area (Å²) in [6.45, 7) is 9.52. The van der Waals surface area contributed by atoms with Gasteiger partial charge in [0, 0.05) is 30.2 Å². The molecule has 0 saturated carbocycles. The van der Waals surface area contributed by atoms with Crippen molar-refractivity contribution < 1.29 is 14.1 Å². The number of guanidine groups is 1. The van der Waals surface area contributed by atoms with Crippen molar-refractivity contribution in [2.45, 2.75) is 46.3 Å². The molecule has 2 rings (SSSR count). The van der Waals surface area contributed by atoms with E-state index in [1.165, 1.54) is 0 Å². The van der Waals surface area contributed by atoms with Crippen LogP contribution in [-0.4, -0.2) is 47.4 Å². The number of aliphatic imine (C=N–C) groups is 1. The minimum Gasteiger partial charge on any atom is -0.444 e. The molecule has 0 radical (unpaired) electrons.